The predicted molar refractivity (Wildman–Crippen MR) is 243 cm³/mol. The van der Waals surface area contributed by atoms with E-state index in [0.29, 0.717) is 49.7 Å². The van der Waals surface area contributed by atoms with Crippen LogP contribution in [0.5, 0.6) is 0 Å². The zero-order valence-corrected chi connectivity index (χ0v) is 44.7. The van der Waals surface area contributed by atoms with Crippen LogP contribution < -0.4 is 0 Å². The van der Waals surface area contributed by atoms with Crippen molar-refractivity contribution >= 4 is 74.3 Å². The van der Waals surface area contributed by atoms with Gasteiger partial charge >= 0.3 is 41.0 Å². The molecule has 0 fully saturated rings. The van der Waals surface area contributed by atoms with E-state index >= 15 is 0 Å². The highest BCUT2D eigenvalue weighted by Crippen LogP contribution is 2.37. The van der Waals surface area contributed by atoms with Gasteiger partial charge in [-0.1, -0.05) is 26.0 Å². The van der Waals surface area contributed by atoms with Crippen LogP contribution in [0.1, 0.15) is 65.2 Å². The first-order valence-corrected chi connectivity index (χ1v) is 39.1. The molecule has 0 saturated heterocycles. The van der Waals surface area contributed by atoms with Crippen molar-refractivity contribution in [3.8, 4) is 0 Å². The second-order valence-electron chi connectivity index (χ2n) is 19.7. The molecular weight excluding hydrogens is 829 g/mol. The molecule has 0 aliphatic heterocycles. The molecule has 0 rings (SSSR count). The molecule has 0 saturated carbocycles. The van der Waals surface area contributed by atoms with E-state index in [0.717, 1.165) is 12.1 Å². The molecule has 0 atom stereocenters. The van der Waals surface area contributed by atoms with Crippen LogP contribution in [0.25, 0.3) is 0 Å². The summed E-state index contributed by atoms with van der Waals surface area (Å²) in [5, 5.41) is 0. The summed E-state index contributed by atoms with van der Waals surface area (Å²) in [7, 11) is -13.1. The average Bonchev–Trinajstić information content (AvgIpc) is 2.98. The number of hydrogen-bond acceptors (Lipinski definition) is 12. The summed E-state index contributed by atoms with van der Waals surface area (Å²) >= 11 is 0. The lowest BCUT2D eigenvalue weighted by Crippen LogP contribution is -2.52. The topological polar surface area (TPSA) is 142 Å². The van der Waals surface area contributed by atoms with Crippen LogP contribution in [0.15, 0.2) is 24.3 Å². The van der Waals surface area contributed by atoms with Crippen LogP contribution in [-0.4, -0.2) is 101 Å². The molecular formula is C39H80O12Si6. The summed E-state index contributed by atoms with van der Waals surface area (Å²) in [4.78, 5) is 50.1. The minimum atomic E-state index is -2.61. The first-order chi connectivity index (χ1) is 25.7. The maximum Gasteiger partial charge on any atom is 0.333 e. The van der Waals surface area contributed by atoms with E-state index in [-0.39, 0.29) is 39.3 Å². The van der Waals surface area contributed by atoms with Gasteiger partial charge in [-0.3, -0.25) is 9.59 Å². The molecule has 0 spiro atoms. The molecule has 0 aliphatic rings. The maximum atomic E-state index is 13.2. The molecule has 0 amide bonds. The van der Waals surface area contributed by atoms with Crippen LogP contribution in [0.2, 0.25) is 104 Å². The first-order valence-electron chi connectivity index (χ1n) is 20.5. The summed E-state index contributed by atoms with van der Waals surface area (Å²) in [6.07, 6.45) is 3.32. The second kappa shape index (κ2) is 24.1. The fourth-order valence-corrected chi connectivity index (χ4v) is 31.6. The van der Waals surface area contributed by atoms with Gasteiger partial charge in [-0.25, -0.2) is 9.59 Å². The molecule has 0 bridgehead atoms. The zero-order chi connectivity index (χ0) is 44.5. The van der Waals surface area contributed by atoms with Gasteiger partial charge in [-0.05, 0) is 143 Å². The van der Waals surface area contributed by atoms with Crippen molar-refractivity contribution in [3.63, 3.8) is 0 Å². The van der Waals surface area contributed by atoms with Gasteiger partial charge in [0, 0.05) is 29.4 Å². The van der Waals surface area contributed by atoms with Crippen molar-refractivity contribution in [3.05, 3.63) is 24.3 Å². The standard InChI is InChI=1S/C39H80O12Si6/c1-33(2)37(42)44-27-19-23-35(40)46-31-39(32-47-36(41)24-20-28-45-38(43)34(3)4,25-21-29-56(17,48-52(5,6)7)49-53(8,9)10)26-22-30-57(18,50-54(11,12)13)51-55(14,15)16/h1,3,19-32H2,2,4-18H3. The van der Waals surface area contributed by atoms with Crippen molar-refractivity contribution in [2.45, 2.75) is 169 Å². The van der Waals surface area contributed by atoms with Gasteiger partial charge in [-0.2, -0.15) is 0 Å². The van der Waals surface area contributed by atoms with Gasteiger partial charge in [0.05, 0.1) is 13.2 Å². The molecule has 12 nitrogen and oxygen atoms in total. The maximum absolute atomic E-state index is 13.2. The van der Waals surface area contributed by atoms with Gasteiger partial charge in [0.15, 0.2) is 33.3 Å². The van der Waals surface area contributed by atoms with E-state index in [1.807, 2.05) is 0 Å². The molecule has 0 unspecified atom stereocenters. The quantitative estimate of drug-likeness (QED) is 0.0223. The Balaban J connectivity index is 6.61. The normalized spacial score (nSPS) is 13.2. The number of carbonyl (C=O) groups excluding carboxylic acids is 4. The summed E-state index contributed by atoms with van der Waals surface area (Å²) in [6, 6.07) is 1.47. The Morgan fingerprint density at radius 1 is 0.456 bits per heavy atom. The molecule has 0 aliphatic carbocycles. The molecule has 57 heavy (non-hydrogen) atoms. The lowest BCUT2D eigenvalue weighted by atomic mass is 9.80. The van der Waals surface area contributed by atoms with Crippen molar-refractivity contribution in [2.75, 3.05) is 26.4 Å². The Bertz CT molecular complexity index is 1200. The number of hydrogen-bond donors (Lipinski definition) is 0. The summed E-state index contributed by atoms with van der Waals surface area (Å²) < 4.78 is 49.6. The number of esters is 4. The summed E-state index contributed by atoms with van der Waals surface area (Å²) in [5.41, 5.74) is -0.149. The Morgan fingerprint density at radius 3 is 0.982 bits per heavy atom. The predicted octanol–water partition coefficient (Wildman–Crippen LogP) is 9.97. The van der Waals surface area contributed by atoms with Crippen molar-refractivity contribution in [1.29, 1.82) is 0 Å². The second-order valence-corrected chi connectivity index (χ2v) is 45.4. The Labute approximate surface area is 352 Å². The first kappa shape index (κ1) is 55.5. The van der Waals surface area contributed by atoms with Crippen LogP contribution in [0.3, 0.4) is 0 Å². The highest BCUT2D eigenvalue weighted by molar-refractivity contribution is 6.88. The minimum Gasteiger partial charge on any atom is -0.465 e. The smallest absolute Gasteiger partial charge is 0.333 e. The van der Waals surface area contributed by atoms with E-state index in [9.17, 15) is 19.2 Å². The fraction of sp³-hybridized carbons (Fsp3) is 0.795. The minimum absolute atomic E-state index is 0.0327. The highest BCUT2D eigenvalue weighted by Gasteiger charge is 2.43. The summed E-state index contributed by atoms with van der Waals surface area (Å²) in [5.74, 6) is -1.86. The molecule has 0 aromatic heterocycles. The van der Waals surface area contributed by atoms with Gasteiger partial charge in [0.25, 0.3) is 0 Å². The molecule has 0 heterocycles. The van der Waals surface area contributed by atoms with E-state index in [4.69, 9.17) is 35.4 Å². The Kier molecular flexibility index (Phi) is 23.4. The lowest BCUT2D eigenvalue weighted by Gasteiger charge is -2.40. The molecule has 0 aromatic rings. The van der Waals surface area contributed by atoms with Gasteiger partial charge < -0.3 is 35.4 Å². The molecule has 0 aromatic carbocycles. The van der Waals surface area contributed by atoms with Gasteiger partial charge in [0.2, 0.25) is 0 Å². The van der Waals surface area contributed by atoms with Crippen molar-refractivity contribution < 1.29 is 54.6 Å². The third kappa shape index (κ3) is 28.6. The van der Waals surface area contributed by atoms with Crippen LogP contribution in [0.4, 0.5) is 0 Å². The summed E-state index contributed by atoms with van der Waals surface area (Å²) in [6.45, 7) is 41.0. The van der Waals surface area contributed by atoms with E-state index < -0.39 is 79.7 Å². The number of carbonyl (C=O) groups is 4. The Morgan fingerprint density at radius 2 is 0.737 bits per heavy atom. The molecule has 0 N–H and O–H groups in total. The largest absolute Gasteiger partial charge is 0.465 e. The SMILES string of the molecule is C=C(C)C(=O)OCCCC(=O)OCC(CCC[Si](C)(O[Si](C)(C)C)O[Si](C)(C)C)(CCC[Si](C)(O[Si](C)(C)C)O[Si](C)(C)C)COC(=O)CCCOC(=O)C(=C)C. The number of ether oxygens (including phenoxy) is 4. The van der Waals surface area contributed by atoms with E-state index in [1.165, 1.54) is 0 Å². The van der Waals surface area contributed by atoms with Gasteiger partial charge in [0.1, 0.15) is 13.2 Å². The van der Waals surface area contributed by atoms with E-state index in [1.54, 1.807) is 13.8 Å². The number of rotatable bonds is 30. The average molecular weight is 910 g/mol. The monoisotopic (exact) mass is 908 g/mol. The zero-order valence-electron chi connectivity index (χ0n) is 38.7. The molecule has 18 heteroatoms. The van der Waals surface area contributed by atoms with E-state index in [2.05, 4.69) is 105 Å². The van der Waals surface area contributed by atoms with Crippen LogP contribution in [0, 0.1) is 5.41 Å². The van der Waals surface area contributed by atoms with Crippen LogP contribution in [-0.2, 0) is 54.6 Å². The van der Waals surface area contributed by atoms with Crippen LogP contribution >= 0.6 is 0 Å². The molecule has 332 valence electrons. The van der Waals surface area contributed by atoms with Crippen molar-refractivity contribution in [1.82, 2.24) is 0 Å². The highest BCUT2D eigenvalue weighted by atomic mass is 28.5. The third-order valence-corrected chi connectivity index (χ3v) is 27.3. The van der Waals surface area contributed by atoms with Gasteiger partial charge in [-0.15, -0.1) is 0 Å². The third-order valence-electron chi connectivity index (χ3n) is 8.06. The Hall–Kier alpha value is -1.50. The molecule has 0 radical (unpaired) electrons. The fourth-order valence-electron chi connectivity index (χ4n) is 6.48. The lowest BCUT2D eigenvalue weighted by molar-refractivity contribution is -0.156. The van der Waals surface area contributed by atoms with Crippen molar-refractivity contribution in [2.24, 2.45) is 5.41 Å².